The molecule has 0 bridgehead atoms. The summed E-state index contributed by atoms with van der Waals surface area (Å²) in [5.74, 6) is 0.526. The van der Waals surface area contributed by atoms with Crippen molar-refractivity contribution in [1.29, 1.82) is 0 Å². The first-order chi connectivity index (χ1) is 12.5. The first-order valence-electron chi connectivity index (χ1n) is 8.42. The van der Waals surface area contributed by atoms with Crippen LogP contribution >= 0.6 is 23.1 Å². The number of non-ortho nitro benzene ring substituents is 1. The van der Waals surface area contributed by atoms with Crippen LogP contribution in [-0.4, -0.2) is 14.5 Å². The van der Waals surface area contributed by atoms with Crippen molar-refractivity contribution in [3.8, 4) is 0 Å². The second kappa shape index (κ2) is 6.85. The van der Waals surface area contributed by atoms with Gasteiger partial charge in [-0.25, -0.2) is 4.98 Å². The first kappa shape index (κ1) is 17.2. The number of thiophene rings is 1. The number of nitro benzene ring substituents is 1. The van der Waals surface area contributed by atoms with Gasteiger partial charge in [0.25, 0.3) is 11.2 Å². The number of nitrogens with zero attached hydrogens (tertiary/aromatic N) is 3. The third-order valence-electron chi connectivity index (χ3n) is 4.64. The molecule has 1 aliphatic carbocycles. The Labute approximate surface area is 158 Å². The number of hydrogen-bond donors (Lipinski definition) is 0. The van der Waals surface area contributed by atoms with Crippen LogP contribution in [0.2, 0.25) is 0 Å². The lowest BCUT2D eigenvalue weighted by Crippen LogP contribution is -2.20. The molecule has 4 rings (SSSR count). The molecule has 3 aromatic rings. The predicted molar refractivity (Wildman–Crippen MR) is 104 cm³/mol. The van der Waals surface area contributed by atoms with Crippen LogP contribution in [0, 0.1) is 10.1 Å². The maximum absolute atomic E-state index is 12.9. The van der Waals surface area contributed by atoms with E-state index >= 15 is 0 Å². The number of fused-ring (bicyclic) bond motifs is 3. The number of aromatic nitrogens is 2. The summed E-state index contributed by atoms with van der Waals surface area (Å²) < 4.78 is 1.60. The van der Waals surface area contributed by atoms with Gasteiger partial charge in [-0.1, -0.05) is 23.9 Å². The van der Waals surface area contributed by atoms with Crippen LogP contribution in [0.25, 0.3) is 10.2 Å². The lowest BCUT2D eigenvalue weighted by Gasteiger charge is -2.10. The van der Waals surface area contributed by atoms with E-state index in [1.165, 1.54) is 34.7 Å². The summed E-state index contributed by atoms with van der Waals surface area (Å²) in [5.41, 5.74) is 2.12. The molecule has 0 amide bonds. The summed E-state index contributed by atoms with van der Waals surface area (Å²) in [5, 5.41) is 12.3. The van der Waals surface area contributed by atoms with Crippen LogP contribution in [0.5, 0.6) is 0 Å². The maximum Gasteiger partial charge on any atom is 0.269 e. The molecule has 0 saturated carbocycles. The van der Waals surface area contributed by atoms with Gasteiger partial charge < -0.3 is 0 Å². The topological polar surface area (TPSA) is 78.0 Å². The highest BCUT2D eigenvalue weighted by molar-refractivity contribution is 7.98. The molecular weight excluding hydrogens is 370 g/mol. The molecular formula is C18H17N3O3S2. The number of nitro groups is 1. The Hall–Kier alpha value is -2.19. The van der Waals surface area contributed by atoms with Gasteiger partial charge >= 0.3 is 0 Å². The zero-order chi connectivity index (χ0) is 18.3. The Balaban J connectivity index is 1.67. The molecule has 2 aromatic heterocycles. The summed E-state index contributed by atoms with van der Waals surface area (Å²) in [7, 11) is 1.75. The zero-order valence-electron chi connectivity index (χ0n) is 14.2. The molecule has 0 fully saturated rings. The standard InChI is InChI=1S/C18H17N3O3S2/c1-20-17(22)15-13-7-2-3-8-14(13)26-16(15)19-18(20)25-10-11-5-4-6-12(9-11)21(23)24/h4-6,9H,2-3,7-8,10H2,1H3. The number of hydrogen-bond acceptors (Lipinski definition) is 6. The smallest absolute Gasteiger partial charge is 0.269 e. The number of benzene rings is 1. The Morgan fingerprint density at radius 3 is 2.96 bits per heavy atom. The van der Waals surface area contributed by atoms with E-state index in [4.69, 9.17) is 4.98 Å². The van der Waals surface area contributed by atoms with Gasteiger partial charge in [-0.05, 0) is 36.8 Å². The summed E-state index contributed by atoms with van der Waals surface area (Å²) in [6, 6.07) is 6.56. The summed E-state index contributed by atoms with van der Waals surface area (Å²) in [4.78, 5) is 30.2. The molecule has 0 radical (unpaired) electrons. The summed E-state index contributed by atoms with van der Waals surface area (Å²) in [6.45, 7) is 0. The average molecular weight is 387 g/mol. The minimum Gasteiger partial charge on any atom is -0.290 e. The molecule has 0 atom stereocenters. The predicted octanol–water partition coefficient (Wildman–Crippen LogP) is 4.07. The molecule has 0 aliphatic heterocycles. The van der Waals surface area contributed by atoms with Crippen molar-refractivity contribution in [1.82, 2.24) is 9.55 Å². The molecule has 26 heavy (non-hydrogen) atoms. The molecule has 134 valence electrons. The number of thioether (sulfide) groups is 1. The van der Waals surface area contributed by atoms with Gasteiger partial charge in [0, 0.05) is 29.8 Å². The molecule has 0 spiro atoms. The highest BCUT2D eigenvalue weighted by atomic mass is 32.2. The summed E-state index contributed by atoms with van der Waals surface area (Å²) >= 11 is 3.07. The average Bonchev–Trinajstić information content (AvgIpc) is 3.02. The van der Waals surface area contributed by atoms with E-state index in [1.807, 2.05) is 6.07 Å². The van der Waals surface area contributed by atoms with Crippen LogP contribution in [0.15, 0.2) is 34.2 Å². The van der Waals surface area contributed by atoms with Gasteiger partial charge in [-0.3, -0.25) is 19.5 Å². The zero-order valence-corrected chi connectivity index (χ0v) is 15.9. The molecule has 1 aromatic carbocycles. The van der Waals surface area contributed by atoms with Crippen molar-refractivity contribution >= 4 is 39.0 Å². The Morgan fingerprint density at radius 2 is 2.15 bits per heavy atom. The van der Waals surface area contributed by atoms with E-state index in [0.29, 0.717) is 10.9 Å². The van der Waals surface area contributed by atoms with Crippen LogP contribution < -0.4 is 5.56 Å². The van der Waals surface area contributed by atoms with Gasteiger partial charge in [0.2, 0.25) is 0 Å². The number of aryl methyl sites for hydroxylation is 2. The first-order valence-corrected chi connectivity index (χ1v) is 10.2. The van der Waals surface area contributed by atoms with Crippen molar-refractivity contribution in [3.63, 3.8) is 0 Å². The molecule has 8 heteroatoms. The third kappa shape index (κ3) is 3.03. The van der Waals surface area contributed by atoms with Crippen LogP contribution in [-0.2, 0) is 25.6 Å². The second-order valence-electron chi connectivity index (χ2n) is 6.37. The largest absolute Gasteiger partial charge is 0.290 e. The van der Waals surface area contributed by atoms with E-state index in [9.17, 15) is 14.9 Å². The Kier molecular flexibility index (Phi) is 4.54. The Bertz CT molecular complexity index is 1070. The molecule has 0 saturated heterocycles. The van der Waals surface area contributed by atoms with Crippen LogP contribution in [0.4, 0.5) is 5.69 Å². The fourth-order valence-electron chi connectivity index (χ4n) is 3.30. The fourth-order valence-corrected chi connectivity index (χ4v) is 5.52. The van der Waals surface area contributed by atoms with Crippen molar-refractivity contribution in [3.05, 3.63) is 60.7 Å². The normalized spacial score (nSPS) is 13.7. The van der Waals surface area contributed by atoms with E-state index < -0.39 is 4.92 Å². The van der Waals surface area contributed by atoms with Gasteiger partial charge in [0.15, 0.2) is 5.16 Å². The lowest BCUT2D eigenvalue weighted by atomic mass is 9.97. The Morgan fingerprint density at radius 1 is 1.35 bits per heavy atom. The van der Waals surface area contributed by atoms with Crippen LogP contribution in [0.3, 0.4) is 0 Å². The van der Waals surface area contributed by atoms with Crippen molar-refractivity contribution in [2.45, 2.75) is 36.6 Å². The van der Waals surface area contributed by atoms with E-state index in [2.05, 4.69) is 0 Å². The van der Waals surface area contributed by atoms with Crippen molar-refractivity contribution in [2.24, 2.45) is 7.05 Å². The molecule has 0 unspecified atom stereocenters. The minimum absolute atomic E-state index is 0.0101. The molecule has 0 N–H and O–H groups in total. The van der Waals surface area contributed by atoms with Crippen molar-refractivity contribution < 1.29 is 4.92 Å². The van der Waals surface area contributed by atoms with E-state index in [1.54, 1.807) is 35.1 Å². The SMILES string of the molecule is Cn1c(SCc2cccc([N+](=O)[O-])c2)nc2sc3c(c2c1=O)CCCC3. The van der Waals surface area contributed by atoms with E-state index in [0.717, 1.165) is 35.0 Å². The highest BCUT2D eigenvalue weighted by Crippen LogP contribution is 2.34. The van der Waals surface area contributed by atoms with Crippen LogP contribution in [0.1, 0.15) is 28.8 Å². The quantitative estimate of drug-likeness (QED) is 0.292. The second-order valence-corrected chi connectivity index (χ2v) is 8.39. The lowest BCUT2D eigenvalue weighted by molar-refractivity contribution is -0.384. The third-order valence-corrected chi connectivity index (χ3v) is 6.93. The van der Waals surface area contributed by atoms with Gasteiger partial charge in [-0.2, -0.15) is 0 Å². The van der Waals surface area contributed by atoms with Gasteiger partial charge in [0.1, 0.15) is 4.83 Å². The van der Waals surface area contributed by atoms with Gasteiger partial charge in [0.05, 0.1) is 10.3 Å². The number of rotatable bonds is 4. The fraction of sp³-hybridized carbons (Fsp3) is 0.333. The highest BCUT2D eigenvalue weighted by Gasteiger charge is 2.21. The molecule has 2 heterocycles. The van der Waals surface area contributed by atoms with Gasteiger partial charge in [-0.15, -0.1) is 11.3 Å². The molecule has 1 aliphatic rings. The van der Waals surface area contributed by atoms with E-state index in [-0.39, 0.29) is 11.2 Å². The maximum atomic E-state index is 12.9. The minimum atomic E-state index is -0.398. The monoisotopic (exact) mass is 387 g/mol. The summed E-state index contributed by atoms with van der Waals surface area (Å²) in [6.07, 6.45) is 4.31. The van der Waals surface area contributed by atoms with Crippen molar-refractivity contribution in [2.75, 3.05) is 0 Å². The molecule has 6 nitrogen and oxygen atoms in total.